The molecule has 94 valence electrons. The lowest BCUT2D eigenvalue weighted by atomic mass is 9.65. The molecule has 2 aliphatic carbocycles. The van der Waals surface area contributed by atoms with E-state index in [-0.39, 0.29) is 11.5 Å². The number of H-pyrrole nitrogens is 1. The van der Waals surface area contributed by atoms with Crippen LogP contribution in [0.5, 0.6) is 0 Å². The fraction of sp³-hybridized carbons (Fsp3) is 0.400. The van der Waals surface area contributed by atoms with Gasteiger partial charge in [-0.15, -0.1) is 0 Å². The largest absolute Gasteiger partial charge is 0.380 e. The van der Waals surface area contributed by atoms with Crippen molar-refractivity contribution in [2.24, 2.45) is 5.92 Å². The first kappa shape index (κ1) is 11.5. The fourth-order valence-corrected chi connectivity index (χ4v) is 3.46. The number of pyridine rings is 1. The van der Waals surface area contributed by atoms with Gasteiger partial charge in [-0.05, 0) is 31.9 Å². The molecule has 0 aromatic carbocycles. The van der Waals surface area contributed by atoms with E-state index in [1.807, 2.05) is 13.0 Å². The van der Waals surface area contributed by atoms with Crippen molar-refractivity contribution in [2.45, 2.75) is 32.3 Å². The van der Waals surface area contributed by atoms with E-state index in [1.165, 1.54) is 11.6 Å². The van der Waals surface area contributed by atoms with Crippen LogP contribution >= 0.6 is 0 Å². The van der Waals surface area contributed by atoms with Crippen LogP contribution < -0.4 is 5.56 Å². The summed E-state index contributed by atoms with van der Waals surface area (Å²) in [5.41, 5.74) is 2.98. The summed E-state index contributed by atoms with van der Waals surface area (Å²) in [5, 5.41) is 11.0. The number of aliphatic hydroxyl groups is 1. The number of fused-ring (bicyclic) bond motifs is 4. The monoisotopic (exact) mass is 243 g/mol. The summed E-state index contributed by atoms with van der Waals surface area (Å²) in [4.78, 5) is 14.3. The van der Waals surface area contributed by atoms with Gasteiger partial charge >= 0.3 is 0 Å². The molecule has 3 heteroatoms. The summed E-state index contributed by atoms with van der Waals surface area (Å²) in [7, 11) is 0. The normalized spacial score (nSPS) is 32.1. The first-order valence-corrected chi connectivity index (χ1v) is 6.33. The molecule has 0 spiro atoms. The number of hydrogen-bond acceptors (Lipinski definition) is 2. The molecule has 18 heavy (non-hydrogen) atoms. The molecule has 3 rings (SSSR count). The second kappa shape index (κ2) is 3.69. The van der Waals surface area contributed by atoms with Gasteiger partial charge in [0.05, 0.1) is 0 Å². The zero-order chi connectivity index (χ0) is 12.9. The van der Waals surface area contributed by atoms with E-state index in [0.717, 1.165) is 23.3 Å². The molecule has 1 aromatic rings. The molecule has 2 bridgehead atoms. The van der Waals surface area contributed by atoms with Gasteiger partial charge < -0.3 is 10.1 Å². The van der Waals surface area contributed by atoms with Crippen molar-refractivity contribution in [1.82, 2.24) is 4.98 Å². The Morgan fingerprint density at radius 3 is 3.00 bits per heavy atom. The summed E-state index contributed by atoms with van der Waals surface area (Å²) in [5.74, 6) is 0.208. The molecule has 0 aliphatic heterocycles. The zero-order valence-corrected chi connectivity index (χ0v) is 10.7. The lowest BCUT2D eigenvalue weighted by Crippen LogP contribution is -2.41. The smallest absolute Gasteiger partial charge is 0.248 e. The maximum Gasteiger partial charge on any atom is 0.248 e. The summed E-state index contributed by atoms with van der Waals surface area (Å²) in [6.07, 6.45) is 5.60. The minimum atomic E-state index is -0.934. The van der Waals surface area contributed by atoms with Crippen molar-refractivity contribution < 1.29 is 5.11 Å². The second-order valence-electron chi connectivity index (χ2n) is 5.32. The van der Waals surface area contributed by atoms with Gasteiger partial charge in [-0.25, -0.2) is 0 Å². The van der Waals surface area contributed by atoms with Crippen molar-refractivity contribution >= 4 is 0 Å². The lowest BCUT2D eigenvalue weighted by Gasteiger charge is -2.44. The average Bonchev–Trinajstić information content (AvgIpc) is 2.26. The van der Waals surface area contributed by atoms with Gasteiger partial charge in [0.1, 0.15) is 5.60 Å². The molecule has 0 fully saturated rings. The summed E-state index contributed by atoms with van der Waals surface area (Å²) < 4.78 is 0. The van der Waals surface area contributed by atoms with Crippen LogP contribution in [0.4, 0.5) is 0 Å². The molecule has 0 saturated carbocycles. The van der Waals surface area contributed by atoms with Crippen molar-refractivity contribution in [3.63, 3.8) is 0 Å². The number of hydrogen-bond donors (Lipinski definition) is 2. The van der Waals surface area contributed by atoms with E-state index in [4.69, 9.17) is 0 Å². The predicted molar refractivity (Wildman–Crippen MR) is 70.3 cm³/mol. The van der Waals surface area contributed by atoms with Crippen LogP contribution in [0.1, 0.15) is 31.5 Å². The molecule has 3 nitrogen and oxygen atoms in total. The summed E-state index contributed by atoms with van der Waals surface area (Å²) in [6, 6.07) is 3.27. The minimum absolute atomic E-state index is 0.0972. The highest BCUT2D eigenvalue weighted by Gasteiger charge is 2.45. The van der Waals surface area contributed by atoms with E-state index in [9.17, 15) is 9.90 Å². The molecule has 2 aliphatic rings. The highest BCUT2D eigenvalue weighted by atomic mass is 16.3. The topological polar surface area (TPSA) is 53.1 Å². The van der Waals surface area contributed by atoms with Gasteiger partial charge in [0, 0.05) is 29.7 Å². The molecule has 2 N–H and O–H groups in total. The number of aromatic amines is 1. The van der Waals surface area contributed by atoms with Crippen LogP contribution in [-0.2, 0) is 12.0 Å². The van der Waals surface area contributed by atoms with Crippen molar-refractivity contribution in [1.29, 1.82) is 0 Å². The van der Waals surface area contributed by atoms with Crippen molar-refractivity contribution in [3.8, 4) is 0 Å². The Morgan fingerprint density at radius 1 is 1.50 bits per heavy atom. The Balaban J connectivity index is 2.28. The van der Waals surface area contributed by atoms with Gasteiger partial charge in [-0.1, -0.05) is 17.7 Å². The molecular weight excluding hydrogens is 226 g/mol. The Morgan fingerprint density at radius 2 is 2.28 bits per heavy atom. The van der Waals surface area contributed by atoms with Crippen LogP contribution in [0.2, 0.25) is 0 Å². The summed E-state index contributed by atoms with van der Waals surface area (Å²) >= 11 is 0. The predicted octanol–water partition coefficient (Wildman–Crippen LogP) is 2.03. The van der Waals surface area contributed by atoms with Gasteiger partial charge in [0.25, 0.3) is 0 Å². The third-order valence-corrected chi connectivity index (χ3v) is 4.08. The number of aromatic nitrogens is 1. The van der Waals surface area contributed by atoms with Gasteiger partial charge in [0.15, 0.2) is 0 Å². The Labute approximate surface area is 106 Å². The standard InChI is InChI=1S/C15H17NO2/c1-3-11-10-6-9(2)8-15(11,18)12-4-5-14(17)16-13(12)7-10/h3-6,10,18H,7-8H2,1-2H3,(H,16,17)/b11-3+/t10-,15+/m0/s1. The van der Waals surface area contributed by atoms with Gasteiger partial charge in [-0.2, -0.15) is 0 Å². The van der Waals surface area contributed by atoms with Crippen molar-refractivity contribution in [3.05, 3.63) is 57.0 Å². The maximum absolute atomic E-state index is 11.4. The first-order valence-electron chi connectivity index (χ1n) is 6.33. The molecule has 0 saturated heterocycles. The Kier molecular flexibility index (Phi) is 2.35. The third kappa shape index (κ3) is 1.44. The first-order chi connectivity index (χ1) is 8.54. The van der Waals surface area contributed by atoms with Gasteiger partial charge in [0.2, 0.25) is 5.56 Å². The molecule has 0 unspecified atom stereocenters. The third-order valence-electron chi connectivity index (χ3n) is 4.08. The molecule has 2 atom stereocenters. The van der Waals surface area contributed by atoms with E-state index < -0.39 is 5.60 Å². The second-order valence-corrected chi connectivity index (χ2v) is 5.32. The minimum Gasteiger partial charge on any atom is -0.380 e. The van der Waals surface area contributed by atoms with E-state index in [1.54, 1.807) is 6.07 Å². The van der Waals surface area contributed by atoms with Crippen LogP contribution in [-0.4, -0.2) is 10.1 Å². The maximum atomic E-state index is 11.4. The molecule has 1 heterocycles. The average molecular weight is 243 g/mol. The van der Waals surface area contributed by atoms with E-state index in [0.29, 0.717) is 6.42 Å². The van der Waals surface area contributed by atoms with Crippen LogP contribution in [0.25, 0.3) is 0 Å². The number of nitrogens with one attached hydrogen (secondary N) is 1. The molecular formula is C15H17NO2. The fourth-order valence-electron chi connectivity index (χ4n) is 3.46. The number of allylic oxidation sites excluding steroid dienone is 2. The molecule has 0 radical (unpaired) electrons. The highest BCUT2D eigenvalue weighted by molar-refractivity contribution is 5.47. The number of rotatable bonds is 0. The Bertz CT molecular complexity index is 624. The van der Waals surface area contributed by atoms with E-state index in [2.05, 4.69) is 18.0 Å². The van der Waals surface area contributed by atoms with Crippen LogP contribution in [0, 0.1) is 5.92 Å². The summed E-state index contributed by atoms with van der Waals surface area (Å²) in [6.45, 7) is 4.03. The van der Waals surface area contributed by atoms with Crippen LogP contribution in [0.3, 0.4) is 0 Å². The SMILES string of the molecule is C/C=C1\[C@H]2C=C(C)C[C@]1(O)c1ccc(=O)[nH]c1C2. The van der Waals surface area contributed by atoms with Crippen LogP contribution in [0.15, 0.2) is 40.2 Å². The molecule has 0 amide bonds. The quantitative estimate of drug-likeness (QED) is 0.685. The zero-order valence-electron chi connectivity index (χ0n) is 10.7. The van der Waals surface area contributed by atoms with Crippen molar-refractivity contribution in [2.75, 3.05) is 0 Å². The Hall–Kier alpha value is -1.61. The highest BCUT2D eigenvalue weighted by Crippen LogP contribution is 2.49. The lowest BCUT2D eigenvalue weighted by molar-refractivity contribution is 0.0547. The molecule has 1 aromatic heterocycles. The van der Waals surface area contributed by atoms with Gasteiger partial charge in [-0.3, -0.25) is 4.79 Å². The van der Waals surface area contributed by atoms with E-state index >= 15 is 0 Å².